The highest BCUT2D eigenvalue weighted by Crippen LogP contribution is 2.45. The van der Waals surface area contributed by atoms with Gasteiger partial charge in [-0.1, -0.05) is 59.8 Å². The smallest absolute Gasteiger partial charge is 0.301 e. The number of ketones is 1. The van der Waals surface area contributed by atoms with Gasteiger partial charge in [0.05, 0.1) is 24.8 Å². The fraction of sp³-hybridized carbons (Fsp3) is 0.233. The van der Waals surface area contributed by atoms with Crippen LogP contribution in [0.15, 0.2) is 76.9 Å². The number of aromatic nitrogens is 3. The molecule has 42 heavy (non-hydrogen) atoms. The zero-order chi connectivity index (χ0) is 29.6. The number of nitrogens with zero attached hydrogens (tertiary/aromatic N) is 4. The Morgan fingerprint density at radius 3 is 2.50 bits per heavy atom. The number of ether oxygens (including phenoxy) is 2. The number of hydrogen-bond donors (Lipinski definition) is 1. The average Bonchev–Trinajstić information content (AvgIpc) is 3.58. The summed E-state index contributed by atoms with van der Waals surface area (Å²) in [5, 5.41) is 20.8. The van der Waals surface area contributed by atoms with Crippen molar-refractivity contribution in [3.63, 3.8) is 0 Å². The summed E-state index contributed by atoms with van der Waals surface area (Å²) < 4.78 is 12.3. The van der Waals surface area contributed by atoms with Crippen molar-refractivity contribution in [1.29, 1.82) is 0 Å². The number of pyridine rings is 1. The molecule has 1 N–H and O–H groups in total. The minimum atomic E-state index is -0.986. The van der Waals surface area contributed by atoms with Gasteiger partial charge in [-0.05, 0) is 60.9 Å². The summed E-state index contributed by atoms with van der Waals surface area (Å²) in [6.45, 7) is 4.75. The van der Waals surface area contributed by atoms with E-state index in [4.69, 9.17) is 21.1 Å². The highest BCUT2D eigenvalue weighted by atomic mass is 35.5. The standard InChI is InChI=1S/C30H27ClN4O5S2/c1-3-15-40-22-10-7-20(16-23(22)39-4-2)25-24(26(36)19-11-13-32-14-12-19)27(37)28(38)35(25)29-33-34-30(42-29)41-17-18-5-8-21(31)9-6-18/h5-14,16,25,36H,3-4,15,17H2,1-2H3/b26-24+. The molecule has 1 aliphatic rings. The van der Waals surface area contributed by atoms with Gasteiger partial charge in [0.25, 0.3) is 5.78 Å². The topological polar surface area (TPSA) is 115 Å². The second-order valence-electron chi connectivity index (χ2n) is 9.16. The molecule has 12 heteroatoms. The number of thioether (sulfide) groups is 1. The Labute approximate surface area is 256 Å². The third-order valence-electron chi connectivity index (χ3n) is 6.32. The van der Waals surface area contributed by atoms with E-state index in [0.29, 0.717) is 51.0 Å². The Hall–Kier alpha value is -3.93. The lowest BCUT2D eigenvalue weighted by Gasteiger charge is -2.23. The Kier molecular flexibility index (Phi) is 9.41. The molecular formula is C30H27ClN4O5S2. The number of aliphatic hydroxyl groups is 1. The molecule has 9 nitrogen and oxygen atoms in total. The largest absolute Gasteiger partial charge is 0.507 e. The molecule has 1 saturated heterocycles. The second kappa shape index (κ2) is 13.4. The Balaban J connectivity index is 1.56. The third-order valence-corrected chi connectivity index (χ3v) is 8.70. The molecule has 0 radical (unpaired) electrons. The highest BCUT2D eigenvalue weighted by molar-refractivity contribution is 8.00. The van der Waals surface area contributed by atoms with Gasteiger partial charge in [0.1, 0.15) is 5.76 Å². The molecule has 1 aliphatic heterocycles. The van der Waals surface area contributed by atoms with Gasteiger partial charge < -0.3 is 14.6 Å². The quantitative estimate of drug-likeness (QED) is 0.0642. The molecule has 2 aromatic heterocycles. The number of rotatable bonds is 11. The number of anilines is 1. The van der Waals surface area contributed by atoms with Crippen molar-refractivity contribution >= 4 is 57.3 Å². The zero-order valence-electron chi connectivity index (χ0n) is 22.8. The summed E-state index contributed by atoms with van der Waals surface area (Å²) in [5.41, 5.74) is 1.88. The van der Waals surface area contributed by atoms with E-state index in [9.17, 15) is 14.7 Å². The molecule has 5 rings (SSSR count). The minimum absolute atomic E-state index is 0.0681. The van der Waals surface area contributed by atoms with Crippen molar-refractivity contribution in [3.8, 4) is 11.5 Å². The Morgan fingerprint density at radius 1 is 1.02 bits per heavy atom. The average molecular weight is 623 g/mol. The van der Waals surface area contributed by atoms with Crippen LogP contribution in [0.2, 0.25) is 5.02 Å². The Morgan fingerprint density at radius 2 is 1.79 bits per heavy atom. The number of hydrogen-bond acceptors (Lipinski definition) is 10. The van der Waals surface area contributed by atoms with Crippen molar-refractivity contribution in [2.24, 2.45) is 0 Å². The fourth-order valence-electron chi connectivity index (χ4n) is 4.39. The van der Waals surface area contributed by atoms with E-state index >= 15 is 0 Å². The molecule has 1 amide bonds. The van der Waals surface area contributed by atoms with Crippen LogP contribution in [0.25, 0.3) is 5.76 Å². The van der Waals surface area contributed by atoms with Crippen molar-refractivity contribution in [3.05, 3.63) is 94.3 Å². The summed E-state index contributed by atoms with van der Waals surface area (Å²) in [4.78, 5) is 32.3. The number of aliphatic hydroxyl groups excluding tert-OH is 1. The van der Waals surface area contributed by atoms with Gasteiger partial charge in [0.15, 0.2) is 15.8 Å². The maximum absolute atomic E-state index is 13.6. The lowest BCUT2D eigenvalue weighted by atomic mass is 9.95. The summed E-state index contributed by atoms with van der Waals surface area (Å²) >= 11 is 8.64. The van der Waals surface area contributed by atoms with Gasteiger partial charge in [-0.2, -0.15) is 0 Å². The molecule has 1 fully saturated rings. The highest BCUT2D eigenvalue weighted by Gasteiger charge is 2.48. The van der Waals surface area contributed by atoms with Crippen molar-refractivity contribution < 1.29 is 24.2 Å². The summed E-state index contributed by atoms with van der Waals surface area (Å²) in [7, 11) is 0. The molecule has 0 spiro atoms. The van der Waals surface area contributed by atoms with Crippen LogP contribution in [-0.4, -0.2) is 45.2 Å². The SMILES string of the molecule is CCCOc1ccc(C2/C(=C(\O)c3ccncc3)C(=O)C(=O)N2c2nnc(SCc3ccc(Cl)cc3)s2)cc1OCC. The number of carbonyl (C=O) groups is 2. The first-order chi connectivity index (χ1) is 20.4. The van der Waals surface area contributed by atoms with E-state index in [1.165, 1.54) is 40.4 Å². The lowest BCUT2D eigenvalue weighted by Crippen LogP contribution is -2.29. The monoisotopic (exact) mass is 622 g/mol. The molecule has 216 valence electrons. The molecule has 1 unspecified atom stereocenters. The number of carbonyl (C=O) groups excluding carboxylic acids is 2. The predicted molar refractivity (Wildman–Crippen MR) is 163 cm³/mol. The molecule has 0 aliphatic carbocycles. The summed E-state index contributed by atoms with van der Waals surface area (Å²) in [5.74, 6) is -0.323. The predicted octanol–water partition coefficient (Wildman–Crippen LogP) is 6.69. The van der Waals surface area contributed by atoms with E-state index in [2.05, 4.69) is 15.2 Å². The van der Waals surface area contributed by atoms with Gasteiger partial charge >= 0.3 is 5.91 Å². The van der Waals surface area contributed by atoms with Gasteiger partial charge in [-0.25, -0.2) is 0 Å². The van der Waals surface area contributed by atoms with Crippen LogP contribution in [0.1, 0.15) is 43.0 Å². The number of halogens is 1. The molecule has 2 aromatic carbocycles. The van der Waals surface area contributed by atoms with Crippen molar-refractivity contribution in [2.75, 3.05) is 18.1 Å². The Bertz CT molecular complexity index is 1610. The lowest BCUT2D eigenvalue weighted by molar-refractivity contribution is -0.132. The first-order valence-electron chi connectivity index (χ1n) is 13.2. The maximum Gasteiger partial charge on any atom is 0.301 e. The minimum Gasteiger partial charge on any atom is -0.507 e. The summed E-state index contributed by atoms with van der Waals surface area (Å²) in [6.07, 6.45) is 3.82. The van der Waals surface area contributed by atoms with Crippen LogP contribution in [-0.2, 0) is 15.3 Å². The number of benzene rings is 2. The van der Waals surface area contributed by atoms with Gasteiger partial charge in [-0.3, -0.25) is 19.5 Å². The van der Waals surface area contributed by atoms with Gasteiger partial charge in [0.2, 0.25) is 5.13 Å². The van der Waals surface area contributed by atoms with Crippen LogP contribution in [0.4, 0.5) is 5.13 Å². The van der Waals surface area contributed by atoms with E-state index in [1.54, 1.807) is 30.3 Å². The van der Waals surface area contributed by atoms with Crippen LogP contribution >= 0.6 is 34.7 Å². The van der Waals surface area contributed by atoms with Crippen LogP contribution in [0.5, 0.6) is 11.5 Å². The summed E-state index contributed by atoms with van der Waals surface area (Å²) in [6, 6.07) is 14.9. The number of Topliss-reactive ketones (excluding diaryl/α,β-unsaturated/α-hetero) is 1. The van der Waals surface area contributed by atoms with E-state index in [-0.39, 0.29) is 16.5 Å². The van der Waals surface area contributed by atoms with E-state index in [0.717, 1.165) is 12.0 Å². The zero-order valence-corrected chi connectivity index (χ0v) is 25.2. The van der Waals surface area contributed by atoms with Crippen molar-refractivity contribution in [2.45, 2.75) is 36.4 Å². The molecule has 4 aromatic rings. The molecule has 0 bridgehead atoms. The maximum atomic E-state index is 13.6. The van der Waals surface area contributed by atoms with Crippen LogP contribution < -0.4 is 14.4 Å². The first kappa shape index (κ1) is 29.6. The van der Waals surface area contributed by atoms with E-state index < -0.39 is 17.7 Å². The van der Waals surface area contributed by atoms with Crippen LogP contribution in [0.3, 0.4) is 0 Å². The second-order valence-corrected chi connectivity index (χ2v) is 11.8. The van der Waals surface area contributed by atoms with Gasteiger partial charge in [-0.15, -0.1) is 10.2 Å². The first-order valence-corrected chi connectivity index (χ1v) is 15.4. The molecule has 1 atom stereocenters. The number of amides is 1. The van der Waals surface area contributed by atoms with Crippen LogP contribution in [0, 0.1) is 0 Å². The normalized spacial score (nSPS) is 16.2. The molecule has 0 saturated carbocycles. The fourth-order valence-corrected chi connectivity index (χ4v) is 6.34. The van der Waals surface area contributed by atoms with Gasteiger partial charge in [0, 0.05) is 28.7 Å². The molecule has 3 heterocycles. The molecular weight excluding hydrogens is 596 g/mol. The third kappa shape index (κ3) is 6.28. The van der Waals surface area contributed by atoms with Crippen molar-refractivity contribution in [1.82, 2.24) is 15.2 Å². The van der Waals surface area contributed by atoms with E-state index in [1.807, 2.05) is 38.1 Å².